The number of nitrogens with zero attached hydrogens (tertiary/aromatic N) is 1. The van der Waals surface area contributed by atoms with Gasteiger partial charge in [-0.2, -0.15) is 0 Å². The Morgan fingerprint density at radius 3 is 2.65 bits per heavy atom. The van der Waals surface area contributed by atoms with Gasteiger partial charge in [0, 0.05) is 17.5 Å². The van der Waals surface area contributed by atoms with Crippen LogP contribution in [0.4, 0.5) is 4.39 Å². The number of rotatable bonds is 6. The van der Waals surface area contributed by atoms with Crippen LogP contribution in [0.5, 0.6) is 5.75 Å². The lowest BCUT2D eigenvalue weighted by Crippen LogP contribution is -2.34. The second-order valence-electron chi connectivity index (χ2n) is 6.23. The monoisotopic (exact) mass is 356 g/mol. The Labute approximate surface area is 151 Å². The van der Waals surface area contributed by atoms with Crippen LogP contribution in [0.3, 0.4) is 0 Å². The smallest absolute Gasteiger partial charge is 0.251 e. The third-order valence-electron chi connectivity index (χ3n) is 4.27. The van der Waals surface area contributed by atoms with Gasteiger partial charge in [0.05, 0.1) is 13.2 Å². The number of para-hydroxylation sites is 1. The van der Waals surface area contributed by atoms with Crippen LogP contribution in [0.1, 0.15) is 22.2 Å². The molecular weight excluding hydrogens is 335 g/mol. The molecule has 0 spiro atoms. The lowest BCUT2D eigenvalue weighted by atomic mass is 10.1. The van der Waals surface area contributed by atoms with Crippen molar-refractivity contribution in [3.05, 3.63) is 65.7 Å². The summed E-state index contributed by atoms with van der Waals surface area (Å²) in [5.41, 5.74) is 1.04. The van der Waals surface area contributed by atoms with Gasteiger partial charge in [-0.25, -0.2) is 4.39 Å². The maximum atomic E-state index is 13.8. The molecule has 136 valence electrons. The number of fused-ring (bicyclic) bond motifs is 1. The number of carbonyl (C=O) groups excluding carboxylic acids is 1. The minimum absolute atomic E-state index is 0.106. The van der Waals surface area contributed by atoms with E-state index in [2.05, 4.69) is 5.32 Å². The van der Waals surface area contributed by atoms with Gasteiger partial charge in [0.1, 0.15) is 11.3 Å². The molecule has 1 amide bonds. The van der Waals surface area contributed by atoms with Crippen LogP contribution in [0, 0.1) is 5.82 Å². The van der Waals surface area contributed by atoms with Crippen molar-refractivity contribution in [2.75, 3.05) is 27.7 Å². The summed E-state index contributed by atoms with van der Waals surface area (Å²) < 4.78 is 24.6. The van der Waals surface area contributed by atoms with E-state index in [9.17, 15) is 9.18 Å². The molecule has 3 rings (SSSR count). The number of ether oxygens (including phenoxy) is 1. The highest BCUT2D eigenvalue weighted by molar-refractivity contribution is 5.94. The first kappa shape index (κ1) is 17.9. The molecule has 0 aliphatic heterocycles. The van der Waals surface area contributed by atoms with E-state index in [1.165, 1.54) is 25.3 Å². The molecule has 26 heavy (non-hydrogen) atoms. The zero-order valence-electron chi connectivity index (χ0n) is 15.0. The standard InChI is InChI=1S/C20H21FN2O3/c1-23(2)16(19-11-13-6-4-5-7-17(13)26-19)12-22-20(24)14-8-9-18(25-3)15(21)10-14/h4-11,16H,12H2,1-3H3,(H,22,24). The van der Waals surface area contributed by atoms with Gasteiger partial charge >= 0.3 is 0 Å². The van der Waals surface area contributed by atoms with E-state index < -0.39 is 5.82 Å². The van der Waals surface area contributed by atoms with Crippen LogP contribution in [0.15, 0.2) is 52.9 Å². The molecular formula is C20H21FN2O3. The average molecular weight is 356 g/mol. The largest absolute Gasteiger partial charge is 0.494 e. The van der Waals surface area contributed by atoms with Crippen LogP contribution >= 0.6 is 0 Å². The molecule has 1 unspecified atom stereocenters. The molecule has 0 saturated carbocycles. The van der Waals surface area contributed by atoms with E-state index in [-0.39, 0.29) is 23.3 Å². The molecule has 0 aliphatic rings. The third-order valence-corrected chi connectivity index (χ3v) is 4.27. The molecule has 1 heterocycles. The number of amides is 1. The van der Waals surface area contributed by atoms with E-state index >= 15 is 0 Å². The maximum Gasteiger partial charge on any atom is 0.251 e. The summed E-state index contributed by atoms with van der Waals surface area (Å²) in [6, 6.07) is 13.7. The normalized spacial score (nSPS) is 12.3. The summed E-state index contributed by atoms with van der Waals surface area (Å²) in [7, 11) is 5.21. The van der Waals surface area contributed by atoms with E-state index in [1.807, 2.05) is 49.3 Å². The molecule has 6 heteroatoms. The van der Waals surface area contributed by atoms with Crippen molar-refractivity contribution in [1.82, 2.24) is 10.2 Å². The minimum atomic E-state index is -0.568. The molecule has 1 atom stereocenters. The van der Waals surface area contributed by atoms with E-state index in [0.717, 1.165) is 16.7 Å². The molecule has 0 fully saturated rings. The first-order valence-corrected chi connectivity index (χ1v) is 8.26. The van der Waals surface area contributed by atoms with E-state index in [0.29, 0.717) is 6.54 Å². The van der Waals surface area contributed by atoms with Crippen LogP contribution in [-0.4, -0.2) is 38.6 Å². The SMILES string of the molecule is COc1ccc(C(=O)NCC(c2cc3ccccc3o2)N(C)C)cc1F. The third kappa shape index (κ3) is 3.70. The quantitative estimate of drug-likeness (QED) is 0.733. The van der Waals surface area contributed by atoms with E-state index in [4.69, 9.17) is 9.15 Å². The summed E-state index contributed by atoms with van der Waals surface area (Å²) in [6.07, 6.45) is 0. The fourth-order valence-corrected chi connectivity index (χ4v) is 2.80. The average Bonchev–Trinajstić information content (AvgIpc) is 3.04. The van der Waals surface area contributed by atoms with Crippen molar-refractivity contribution >= 4 is 16.9 Å². The second-order valence-corrected chi connectivity index (χ2v) is 6.23. The predicted octanol–water partition coefficient (Wildman–Crippen LogP) is 3.61. The molecule has 0 radical (unpaired) electrons. The van der Waals surface area contributed by atoms with Crippen molar-refractivity contribution in [2.45, 2.75) is 6.04 Å². The molecule has 5 nitrogen and oxygen atoms in total. The number of likely N-dealkylation sites (N-methyl/N-ethyl adjacent to an activating group) is 1. The van der Waals surface area contributed by atoms with Crippen molar-refractivity contribution < 1.29 is 18.3 Å². The van der Waals surface area contributed by atoms with Crippen molar-refractivity contribution in [3.63, 3.8) is 0 Å². The number of furan rings is 1. The first-order chi connectivity index (χ1) is 12.5. The van der Waals surface area contributed by atoms with Gasteiger partial charge in [-0.15, -0.1) is 0 Å². The van der Waals surface area contributed by atoms with Gasteiger partial charge in [-0.05, 0) is 44.4 Å². The Morgan fingerprint density at radius 2 is 2.00 bits per heavy atom. The number of benzene rings is 2. The molecule has 1 N–H and O–H groups in total. The highest BCUT2D eigenvalue weighted by Gasteiger charge is 2.20. The van der Waals surface area contributed by atoms with Gasteiger partial charge in [0.25, 0.3) is 5.91 Å². The van der Waals surface area contributed by atoms with Gasteiger partial charge < -0.3 is 14.5 Å². The van der Waals surface area contributed by atoms with Crippen LogP contribution < -0.4 is 10.1 Å². The Morgan fingerprint density at radius 1 is 1.23 bits per heavy atom. The molecule has 2 aromatic carbocycles. The molecule has 0 aliphatic carbocycles. The lowest BCUT2D eigenvalue weighted by molar-refractivity contribution is 0.0939. The summed E-state index contributed by atoms with van der Waals surface area (Å²) in [5, 5.41) is 3.85. The van der Waals surface area contributed by atoms with Crippen molar-refractivity contribution in [3.8, 4) is 5.75 Å². The number of halogens is 1. The lowest BCUT2D eigenvalue weighted by Gasteiger charge is -2.22. The zero-order valence-corrected chi connectivity index (χ0v) is 15.0. The fraction of sp³-hybridized carbons (Fsp3) is 0.250. The molecule has 1 aromatic heterocycles. The Kier molecular flexibility index (Phi) is 5.23. The summed E-state index contributed by atoms with van der Waals surface area (Å²) in [6.45, 7) is 0.333. The topological polar surface area (TPSA) is 54.7 Å². The van der Waals surface area contributed by atoms with Gasteiger partial charge in [0.15, 0.2) is 11.6 Å². The Bertz CT molecular complexity index is 887. The Hall–Kier alpha value is -2.86. The highest BCUT2D eigenvalue weighted by Crippen LogP contribution is 2.26. The molecule has 3 aromatic rings. The van der Waals surface area contributed by atoms with Crippen LogP contribution in [0.2, 0.25) is 0 Å². The zero-order chi connectivity index (χ0) is 18.7. The van der Waals surface area contributed by atoms with Crippen molar-refractivity contribution in [2.24, 2.45) is 0 Å². The number of hydrogen-bond donors (Lipinski definition) is 1. The predicted molar refractivity (Wildman–Crippen MR) is 97.9 cm³/mol. The highest BCUT2D eigenvalue weighted by atomic mass is 19.1. The van der Waals surface area contributed by atoms with Gasteiger partial charge in [-0.1, -0.05) is 18.2 Å². The number of carbonyl (C=O) groups is 1. The number of hydrogen-bond acceptors (Lipinski definition) is 4. The minimum Gasteiger partial charge on any atom is -0.494 e. The fourth-order valence-electron chi connectivity index (χ4n) is 2.80. The number of methoxy groups -OCH3 is 1. The molecule has 0 saturated heterocycles. The van der Waals surface area contributed by atoms with E-state index in [1.54, 1.807) is 0 Å². The van der Waals surface area contributed by atoms with Crippen LogP contribution in [0.25, 0.3) is 11.0 Å². The van der Waals surface area contributed by atoms with Crippen molar-refractivity contribution in [1.29, 1.82) is 0 Å². The maximum absolute atomic E-state index is 13.8. The first-order valence-electron chi connectivity index (χ1n) is 8.26. The molecule has 0 bridgehead atoms. The number of nitrogens with one attached hydrogen (secondary N) is 1. The Balaban J connectivity index is 1.74. The summed E-state index contributed by atoms with van der Waals surface area (Å²) in [5.74, 6) is -0.0523. The van der Waals surface area contributed by atoms with Gasteiger partial charge in [0.2, 0.25) is 0 Å². The second kappa shape index (κ2) is 7.58. The summed E-state index contributed by atoms with van der Waals surface area (Å²) in [4.78, 5) is 14.3. The van der Waals surface area contributed by atoms with Crippen LogP contribution in [-0.2, 0) is 0 Å². The summed E-state index contributed by atoms with van der Waals surface area (Å²) >= 11 is 0. The van der Waals surface area contributed by atoms with Gasteiger partial charge in [-0.3, -0.25) is 9.69 Å².